The van der Waals surface area contributed by atoms with Crippen LogP contribution in [0.15, 0.2) is 18.3 Å². The van der Waals surface area contributed by atoms with Crippen molar-refractivity contribution in [2.24, 2.45) is 0 Å². The van der Waals surface area contributed by atoms with Gasteiger partial charge in [0, 0.05) is 30.9 Å². The molecule has 32 heavy (non-hydrogen) atoms. The second-order valence-electron chi connectivity index (χ2n) is 8.86. The molecule has 2 bridgehead atoms. The predicted molar refractivity (Wildman–Crippen MR) is 112 cm³/mol. The van der Waals surface area contributed by atoms with Gasteiger partial charge in [-0.05, 0) is 44.9 Å². The second-order valence-corrected chi connectivity index (χ2v) is 9.20. The molecule has 8 nitrogen and oxygen atoms in total. The molecule has 1 amide bonds. The molecule has 2 aliphatic rings. The van der Waals surface area contributed by atoms with E-state index in [0.717, 1.165) is 12.5 Å². The summed E-state index contributed by atoms with van der Waals surface area (Å²) in [7, 11) is 0. The Hall–Kier alpha value is -2.82. The van der Waals surface area contributed by atoms with E-state index in [1.807, 2.05) is 25.7 Å². The summed E-state index contributed by atoms with van der Waals surface area (Å²) in [5.74, 6) is -0.137. The lowest BCUT2D eigenvalue weighted by Gasteiger charge is -2.35. The number of hydrogen-bond acceptors (Lipinski definition) is 7. The zero-order valence-electron chi connectivity index (χ0n) is 17.6. The zero-order chi connectivity index (χ0) is 23.4. The van der Waals surface area contributed by atoms with Gasteiger partial charge in [0.05, 0.1) is 23.3 Å². The lowest BCUT2D eigenvalue weighted by molar-refractivity contribution is -0.137. The van der Waals surface area contributed by atoms with Crippen LogP contribution in [0.2, 0.25) is 5.28 Å². The fourth-order valence-corrected chi connectivity index (χ4v) is 4.21. The maximum Gasteiger partial charge on any atom is 0.419 e. The minimum Gasteiger partial charge on any atom is -0.444 e. The maximum atomic E-state index is 13.2. The van der Waals surface area contributed by atoms with Crippen LogP contribution >= 0.6 is 11.6 Å². The van der Waals surface area contributed by atoms with Gasteiger partial charge in [0.15, 0.2) is 0 Å². The van der Waals surface area contributed by atoms with Gasteiger partial charge in [-0.1, -0.05) is 0 Å². The molecule has 2 atom stereocenters. The number of fused-ring (bicyclic) bond motifs is 2. The van der Waals surface area contributed by atoms with Crippen molar-refractivity contribution >= 4 is 29.3 Å². The topological polar surface area (TPSA) is 97.5 Å². The molecule has 172 valence electrons. The molecule has 0 aliphatic carbocycles. The van der Waals surface area contributed by atoms with Crippen molar-refractivity contribution in [3.05, 3.63) is 29.2 Å². The molecule has 2 aliphatic heterocycles. The van der Waals surface area contributed by atoms with Crippen molar-refractivity contribution in [1.29, 1.82) is 0 Å². The summed E-state index contributed by atoms with van der Waals surface area (Å²) in [5.41, 5.74) is 4.08. The van der Waals surface area contributed by atoms with Gasteiger partial charge in [0.25, 0.3) is 0 Å². The molecule has 2 saturated heterocycles. The molecule has 0 radical (unpaired) electrons. The number of aromatic nitrogens is 3. The number of amides is 1. The minimum absolute atomic E-state index is 0.0124. The van der Waals surface area contributed by atoms with Gasteiger partial charge in [-0.25, -0.2) is 19.7 Å². The van der Waals surface area contributed by atoms with Gasteiger partial charge >= 0.3 is 12.3 Å². The van der Waals surface area contributed by atoms with Crippen LogP contribution in [0.5, 0.6) is 0 Å². The highest BCUT2D eigenvalue weighted by Crippen LogP contribution is 2.38. The van der Waals surface area contributed by atoms with Gasteiger partial charge in [-0.2, -0.15) is 13.2 Å². The summed E-state index contributed by atoms with van der Waals surface area (Å²) in [6.07, 6.45) is -3.06. The Balaban J connectivity index is 1.58. The third-order valence-corrected chi connectivity index (χ3v) is 5.54. The Morgan fingerprint density at radius 2 is 1.91 bits per heavy atom. The third-order valence-electron chi connectivity index (χ3n) is 5.37. The normalized spacial score (nSPS) is 20.7. The van der Waals surface area contributed by atoms with Crippen LogP contribution in [0.25, 0.3) is 11.3 Å². The van der Waals surface area contributed by atoms with Crippen molar-refractivity contribution in [2.45, 2.75) is 51.1 Å². The number of carbonyl (C=O) groups is 1. The van der Waals surface area contributed by atoms with Gasteiger partial charge in [0.1, 0.15) is 17.2 Å². The van der Waals surface area contributed by atoms with Crippen molar-refractivity contribution in [2.75, 3.05) is 23.7 Å². The molecular formula is C20H22ClF3N6O2. The van der Waals surface area contributed by atoms with E-state index < -0.39 is 23.2 Å². The number of nitrogens with two attached hydrogens (primary N) is 1. The first-order valence-corrected chi connectivity index (χ1v) is 10.3. The lowest BCUT2D eigenvalue weighted by atomic mass is 10.1. The van der Waals surface area contributed by atoms with E-state index in [1.165, 1.54) is 6.20 Å². The number of hydrogen-bond donors (Lipinski definition) is 1. The van der Waals surface area contributed by atoms with Gasteiger partial charge in [-0.15, -0.1) is 0 Å². The van der Waals surface area contributed by atoms with Crippen molar-refractivity contribution in [3.8, 4) is 11.3 Å². The highest BCUT2D eigenvalue weighted by molar-refractivity contribution is 6.28. The smallest absolute Gasteiger partial charge is 0.419 e. The number of nitrogen functional groups attached to an aromatic ring is 1. The standard InChI is InChI=1S/C20H22ClF3N6O2/c1-19(2,3)32-18(31)30-9-11-5-12(30)8-29(11)15-6-14(27-17(21)28-15)10-4-13(20(22,23)24)16(25)26-7-10/h4,6-7,11-12H,5,8-9H2,1-3H3,(H2,25,26)/t11-,12-/m0/s1. The van der Waals surface area contributed by atoms with E-state index in [2.05, 4.69) is 15.0 Å². The van der Waals surface area contributed by atoms with E-state index in [1.54, 1.807) is 11.0 Å². The van der Waals surface area contributed by atoms with Gasteiger partial charge in [0.2, 0.25) is 5.28 Å². The van der Waals surface area contributed by atoms with E-state index in [0.29, 0.717) is 18.9 Å². The Morgan fingerprint density at radius 1 is 1.19 bits per heavy atom. The SMILES string of the molecule is CC(C)(C)OC(=O)N1C[C@@H]2C[C@H]1CN2c1cc(-c2cnc(N)c(C(F)(F)F)c2)nc(Cl)n1. The second kappa shape index (κ2) is 7.65. The summed E-state index contributed by atoms with van der Waals surface area (Å²) in [4.78, 5) is 28.1. The number of alkyl halides is 3. The summed E-state index contributed by atoms with van der Waals surface area (Å²) in [6, 6.07) is 2.40. The molecule has 0 unspecified atom stereocenters. The first-order valence-electron chi connectivity index (χ1n) is 9.96. The number of pyridine rings is 1. The highest BCUT2D eigenvalue weighted by Gasteiger charge is 2.47. The monoisotopic (exact) mass is 470 g/mol. The zero-order valence-corrected chi connectivity index (χ0v) is 18.4. The molecule has 4 heterocycles. The number of ether oxygens (including phenoxy) is 1. The molecular weight excluding hydrogens is 449 g/mol. The van der Waals surface area contributed by atoms with Crippen molar-refractivity contribution < 1.29 is 22.7 Å². The number of halogens is 4. The maximum absolute atomic E-state index is 13.2. The van der Waals surface area contributed by atoms with E-state index in [-0.39, 0.29) is 34.7 Å². The highest BCUT2D eigenvalue weighted by atomic mass is 35.5. The number of anilines is 2. The molecule has 0 spiro atoms. The molecule has 12 heteroatoms. The molecule has 4 rings (SSSR count). The largest absolute Gasteiger partial charge is 0.444 e. The van der Waals surface area contributed by atoms with Crippen LogP contribution in [0.1, 0.15) is 32.8 Å². The first-order chi connectivity index (χ1) is 14.8. The third kappa shape index (κ3) is 4.38. The van der Waals surface area contributed by atoms with Gasteiger partial charge < -0.3 is 20.3 Å². The fourth-order valence-electron chi connectivity index (χ4n) is 4.03. The molecule has 0 aromatic carbocycles. The predicted octanol–water partition coefficient (Wildman–Crippen LogP) is 3.99. The molecule has 2 fully saturated rings. The van der Waals surface area contributed by atoms with Crippen molar-refractivity contribution in [3.63, 3.8) is 0 Å². The van der Waals surface area contributed by atoms with E-state index >= 15 is 0 Å². The Kier molecular flexibility index (Phi) is 5.35. The number of piperazine rings is 1. The molecule has 0 saturated carbocycles. The van der Waals surface area contributed by atoms with Crippen LogP contribution in [-0.4, -0.2) is 56.7 Å². The Labute approximate surface area is 187 Å². The molecule has 2 aromatic heterocycles. The van der Waals surface area contributed by atoms with Crippen LogP contribution in [0.4, 0.5) is 29.6 Å². The minimum atomic E-state index is -4.65. The van der Waals surface area contributed by atoms with Gasteiger partial charge in [-0.3, -0.25) is 0 Å². The van der Waals surface area contributed by atoms with Crippen molar-refractivity contribution in [1.82, 2.24) is 19.9 Å². The number of carbonyl (C=O) groups excluding carboxylic acids is 1. The van der Waals surface area contributed by atoms with Crippen LogP contribution in [0, 0.1) is 0 Å². The average molecular weight is 471 g/mol. The lowest BCUT2D eigenvalue weighted by Crippen LogP contribution is -2.50. The number of likely N-dealkylation sites (tertiary alicyclic amines) is 1. The number of nitrogens with zero attached hydrogens (tertiary/aromatic N) is 5. The fraction of sp³-hybridized carbons (Fsp3) is 0.500. The van der Waals surface area contributed by atoms with Crippen LogP contribution in [-0.2, 0) is 10.9 Å². The summed E-state index contributed by atoms with van der Waals surface area (Å²) < 4.78 is 45.1. The molecule has 2 N–H and O–H groups in total. The molecule has 2 aromatic rings. The van der Waals surface area contributed by atoms with E-state index in [9.17, 15) is 18.0 Å². The average Bonchev–Trinajstić information content (AvgIpc) is 3.26. The first kappa shape index (κ1) is 22.4. The van der Waals surface area contributed by atoms with E-state index in [4.69, 9.17) is 22.1 Å². The Morgan fingerprint density at radius 3 is 2.50 bits per heavy atom. The van der Waals surface area contributed by atoms with Crippen LogP contribution < -0.4 is 10.6 Å². The Bertz CT molecular complexity index is 1060. The van der Waals surface area contributed by atoms with Crippen LogP contribution in [0.3, 0.4) is 0 Å². The summed E-state index contributed by atoms with van der Waals surface area (Å²) >= 11 is 6.09. The number of rotatable bonds is 2. The quantitative estimate of drug-likeness (QED) is 0.663. The summed E-state index contributed by atoms with van der Waals surface area (Å²) in [6.45, 7) is 6.40. The summed E-state index contributed by atoms with van der Waals surface area (Å²) in [5, 5.41) is -0.102.